The summed E-state index contributed by atoms with van der Waals surface area (Å²) in [5.41, 5.74) is 3.58. The summed E-state index contributed by atoms with van der Waals surface area (Å²) in [6, 6.07) is 11.2. The highest BCUT2D eigenvalue weighted by Crippen LogP contribution is 2.30. The minimum Gasteiger partial charge on any atom is -0.439 e. The molecule has 2 heterocycles. The van der Waals surface area contributed by atoms with Crippen LogP contribution in [-0.2, 0) is 11.3 Å². The highest BCUT2D eigenvalue weighted by Gasteiger charge is 2.34. The van der Waals surface area contributed by atoms with Crippen molar-refractivity contribution >= 4 is 12.4 Å². The molecule has 2 aliphatic rings. The topological polar surface area (TPSA) is 55.4 Å². The number of morpholine rings is 1. The Labute approximate surface area is 180 Å². The van der Waals surface area contributed by atoms with Gasteiger partial charge in [0.25, 0.3) is 0 Å². The molecule has 5 nitrogen and oxygen atoms in total. The fourth-order valence-electron chi connectivity index (χ4n) is 4.40. The number of hydrogen-bond acceptors (Lipinski definition) is 5. The summed E-state index contributed by atoms with van der Waals surface area (Å²) in [4.78, 5) is 4.40. The van der Waals surface area contributed by atoms with E-state index in [1.54, 1.807) is 0 Å². The summed E-state index contributed by atoms with van der Waals surface area (Å²) < 4.78 is 11.7. The smallest absolute Gasteiger partial charge is 0.219 e. The largest absolute Gasteiger partial charge is 0.439 e. The Hall–Kier alpha value is -1.66. The lowest BCUT2D eigenvalue weighted by Crippen LogP contribution is -2.50. The van der Waals surface area contributed by atoms with Crippen LogP contribution in [0.1, 0.15) is 36.0 Å². The van der Waals surface area contributed by atoms with E-state index in [1.807, 2.05) is 24.4 Å². The fourth-order valence-corrected chi connectivity index (χ4v) is 4.40. The number of benzene rings is 1. The van der Waals surface area contributed by atoms with Crippen molar-refractivity contribution in [3.8, 4) is 11.6 Å². The average molecular weight is 418 g/mol. The van der Waals surface area contributed by atoms with Crippen molar-refractivity contribution in [1.82, 2.24) is 15.6 Å². The number of nitrogens with one attached hydrogen (secondary N) is 2. The highest BCUT2D eigenvalue weighted by molar-refractivity contribution is 5.85. The van der Waals surface area contributed by atoms with E-state index in [9.17, 15) is 0 Å². The molecule has 0 spiro atoms. The number of rotatable bonds is 6. The molecular formula is C23H32ClN3O2. The predicted molar refractivity (Wildman–Crippen MR) is 118 cm³/mol. The van der Waals surface area contributed by atoms with Crippen LogP contribution in [0, 0.1) is 19.8 Å². The monoisotopic (exact) mass is 417 g/mol. The van der Waals surface area contributed by atoms with Crippen LogP contribution >= 0.6 is 12.4 Å². The standard InChI is InChI=1S/C23H31N3O2.ClH/c1-16-5-3-8-22(17(16)2)28-23-13-18(9-10-25-23)14-26-20-7-4-6-19(20)21-15-27-12-11-24-21;/h3,5,8-10,13,19-21,24,26H,4,6-7,11-12,14-15H2,1-2H3;1H. The van der Waals surface area contributed by atoms with E-state index in [1.165, 1.54) is 30.4 Å². The van der Waals surface area contributed by atoms with Gasteiger partial charge in [-0.3, -0.25) is 0 Å². The maximum atomic E-state index is 6.05. The maximum Gasteiger partial charge on any atom is 0.219 e. The van der Waals surface area contributed by atoms with Gasteiger partial charge in [-0.2, -0.15) is 0 Å². The van der Waals surface area contributed by atoms with Gasteiger partial charge in [-0.25, -0.2) is 4.98 Å². The molecule has 1 saturated carbocycles. The zero-order chi connectivity index (χ0) is 19.3. The van der Waals surface area contributed by atoms with Crippen LogP contribution in [0.25, 0.3) is 0 Å². The predicted octanol–water partition coefficient (Wildman–Crippen LogP) is 4.16. The molecule has 0 amide bonds. The van der Waals surface area contributed by atoms with E-state index in [2.05, 4.69) is 41.6 Å². The number of aryl methyl sites for hydroxylation is 1. The molecule has 1 saturated heterocycles. The Morgan fingerprint density at radius 2 is 2.14 bits per heavy atom. The first-order chi connectivity index (χ1) is 13.7. The van der Waals surface area contributed by atoms with Crippen LogP contribution < -0.4 is 15.4 Å². The fraction of sp³-hybridized carbons (Fsp3) is 0.522. The summed E-state index contributed by atoms with van der Waals surface area (Å²) in [6.45, 7) is 7.66. The highest BCUT2D eigenvalue weighted by atomic mass is 35.5. The first-order valence-electron chi connectivity index (χ1n) is 10.4. The third-order valence-electron chi connectivity index (χ3n) is 6.17. The molecule has 4 rings (SSSR count). The first kappa shape index (κ1) is 22.0. The molecule has 3 atom stereocenters. The van der Waals surface area contributed by atoms with E-state index in [-0.39, 0.29) is 12.4 Å². The lowest BCUT2D eigenvalue weighted by molar-refractivity contribution is 0.0524. The van der Waals surface area contributed by atoms with Crippen LogP contribution in [0.15, 0.2) is 36.5 Å². The van der Waals surface area contributed by atoms with Gasteiger partial charge in [0.2, 0.25) is 5.88 Å². The molecule has 1 aromatic heterocycles. The van der Waals surface area contributed by atoms with Crippen LogP contribution in [0.4, 0.5) is 0 Å². The Bertz CT molecular complexity index is 795. The molecule has 158 valence electrons. The summed E-state index contributed by atoms with van der Waals surface area (Å²) in [5, 5.41) is 7.42. The second-order valence-electron chi connectivity index (χ2n) is 8.02. The van der Waals surface area contributed by atoms with Crippen LogP contribution in [0.5, 0.6) is 11.6 Å². The van der Waals surface area contributed by atoms with Gasteiger partial charge < -0.3 is 20.1 Å². The van der Waals surface area contributed by atoms with Crippen LogP contribution in [-0.4, -0.2) is 36.8 Å². The van der Waals surface area contributed by atoms with Gasteiger partial charge >= 0.3 is 0 Å². The van der Waals surface area contributed by atoms with Crippen molar-refractivity contribution in [2.75, 3.05) is 19.8 Å². The lowest BCUT2D eigenvalue weighted by Gasteiger charge is -2.33. The van der Waals surface area contributed by atoms with E-state index >= 15 is 0 Å². The van der Waals surface area contributed by atoms with Crippen LogP contribution in [0.2, 0.25) is 0 Å². The van der Waals surface area contributed by atoms with Crippen molar-refractivity contribution in [3.63, 3.8) is 0 Å². The molecule has 1 aliphatic heterocycles. The van der Waals surface area contributed by atoms with Crippen molar-refractivity contribution in [2.24, 2.45) is 5.92 Å². The van der Waals surface area contributed by atoms with Crippen molar-refractivity contribution in [3.05, 3.63) is 53.2 Å². The number of nitrogens with zero attached hydrogens (tertiary/aromatic N) is 1. The third kappa shape index (κ3) is 5.48. The van der Waals surface area contributed by atoms with E-state index in [4.69, 9.17) is 9.47 Å². The second kappa shape index (κ2) is 10.4. The number of halogens is 1. The van der Waals surface area contributed by atoms with Crippen LogP contribution in [0.3, 0.4) is 0 Å². The lowest BCUT2D eigenvalue weighted by atomic mass is 9.94. The summed E-state index contributed by atoms with van der Waals surface area (Å²) in [7, 11) is 0. The van der Waals surface area contributed by atoms with E-state index in [0.29, 0.717) is 23.9 Å². The molecule has 0 bridgehead atoms. The van der Waals surface area contributed by atoms with Gasteiger partial charge in [-0.05, 0) is 61.4 Å². The molecule has 2 aromatic rings. The van der Waals surface area contributed by atoms with Gasteiger partial charge in [0.1, 0.15) is 5.75 Å². The number of hydrogen-bond donors (Lipinski definition) is 2. The number of ether oxygens (including phenoxy) is 2. The van der Waals surface area contributed by atoms with Gasteiger partial charge in [-0.15, -0.1) is 12.4 Å². The van der Waals surface area contributed by atoms with Crippen molar-refractivity contribution < 1.29 is 9.47 Å². The molecule has 1 aliphatic carbocycles. The summed E-state index contributed by atoms with van der Waals surface area (Å²) in [6.07, 6.45) is 5.63. The first-order valence-corrected chi connectivity index (χ1v) is 10.4. The van der Waals surface area contributed by atoms with Gasteiger partial charge in [-0.1, -0.05) is 18.6 Å². The molecule has 2 N–H and O–H groups in total. The molecule has 2 fully saturated rings. The average Bonchev–Trinajstić information content (AvgIpc) is 3.20. The Morgan fingerprint density at radius 3 is 2.97 bits per heavy atom. The summed E-state index contributed by atoms with van der Waals surface area (Å²) in [5.74, 6) is 2.17. The molecule has 29 heavy (non-hydrogen) atoms. The molecule has 0 radical (unpaired) electrons. The Morgan fingerprint density at radius 1 is 1.24 bits per heavy atom. The summed E-state index contributed by atoms with van der Waals surface area (Å²) >= 11 is 0. The number of pyridine rings is 1. The van der Waals surface area contributed by atoms with Gasteiger partial charge in [0.05, 0.1) is 13.2 Å². The van der Waals surface area contributed by atoms with Gasteiger partial charge in [0.15, 0.2) is 0 Å². The van der Waals surface area contributed by atoms with Gasteiger partial charge in [0, 0.05) is 37.4 Å². The van der Waals surface area contributed by atoms with E-state index < -0.39 is 0 Å². The SMILES string of the molecule is Cc1cccc(Oc2cc(CNC3CCCC3C3COCCN3)ccn2)c1C.Cl. The van der Waals surface area contributed by atoms with E-state index in [0.717, 1.165) is 37.6 Å². The maximum absolute atomic E-state index is 6.05. The zero-order valence-corrected chi connectivity index (χ0v) is 18.1. The number of aromatic nitrogens is 1. The van der Waals surface area contributed by atoms with Crippen molar-refractivity contribution in [2.45, 2.75) is 51.7 Å². The third-order valence-corrected chi connectivity index (χ3v) is 6.17. The molecule has 1 aromatic carbocycles. The van der Waals surface area contributed by atoms with Crippen molar-refractivity contribution in [1.29, 1.82) is 0 Å². The normalized spacial score (nSPS) is 24.1. The quantitative estimate of drug-likeness (QED) is 0.739. The zero-order valence-electron chi connectivity index (χ0n) is 17.3. The molecule has 3 unspecified atom stereocenters. The molecular weight excluding hydrogens is 386 g/mol. The minimum atomic E-state index is 0. The molecule has 6 heteroatoms. The minimum absolute atomic E-state index is 0. The Balaban J connectivity index is 0.00000240. The second-order valence-corrected chi connectivity index (χ2v) is 8.02. The Kier molecular flexibility index (Phi) is 7.90.